The van der Waals surface area contributed by atoms with Crippen LogP contribution in [0.5, 0.6) is 0 Å². The van der Waals surface area contributed by atoms with Gasteiger partial charge in [0.2, 0.25) is 5.95 Å². The molecule has 0 saturated heterocycles. The van der Waals surface area contributed by atoms with Gasteiger partial charge >= 0.3 is 6.18 Å². The van der Waals surface area contributed by atoms with E-state index in [0.29, 0.717) is 11.1 Å². The summed E-state index contributed by atoms with van der Waals surface area (Å²) in [6, 6.07) is 4.94. The summed E-state index contributed by atoms with van der Waals surface area (Å²) in [4.78, 5) is 24.3. The minimum Gasteiger partial charge on any atom is -0.368 e. The number of nitrogen functional groups attached to an aromatic ring is 1. The van der Waals surface area contributed by atoms with E-state index in [9.17, 15) is 18.0 Å². The zero-order valence-electron chi connectivity index (χ0n) is 17.2. The number of rotatable bonds is 4. The molecule has 4 aromatic rings. The van der Waals surface area contributed by atoms with Crippen molar-refractivity contribution in [2.24, 2.45) is 0 Å². The molecule has 1 aromatic carbocycles. The molecule has 0 atom stereocenters. The highest BCUT2D eigenvalue weighted by Crippen LogP contribution is 2.34. The Morgan fingerprint density at radius 1 is 1.06 bits per heavy atom. The van der Waals surface area contributed by atoms with Crippen molar-refractivity contribution >= 4 is 17.5 Å². The first-order valence-corrected chi connectivity index (χ1v) is 9.55. The molecule has 0 unspecified atom stereocenters. The number of amides is 1. The number of aromatic nitrogens is 7. The van der Waals surface area contributed by atoms with Gasteiger partial charge in [-0.25, -0.2) is 14.6 Å². The zero-order chi connectivity index (χ0) is 24.1. The number of alkyl halides is 3. The van der Waals surface area contributed by atoms with Gasteiger partial charge in [0, 0.05) is 36.0 Å². The van der Waals surface area contributed by atoms with Crippen LogP contribution >= 0.6 is 0 Å². The number of pyridine rings is 1. The molecule has 1 amide bonds. The van der Waals surface area contributed by atoms with E-state index in [0.717, 1.165) is 10.7 Å². The van der Waals surface area contributed by atoms with Crippen LogP contribution in [0.25, 0.3) is 0 Å². The maximum Gasteiger partial charge on any atom is 0.416 e. The van der Waals surface area contributed by atoms with E-state index in [4.69, 9.17) is 5.73 Å². The van der Waals surface area contributed by atoms with Crippen LogP contribution in [0.15, 0.2) is 55.4 Å². The lowest BCUT2D eigenvalue weighted by atomic mass is 10.1. The molecule has 0 aliphatic heterocycles. The molecule has 4 rings (SSSR count). The number of nitrogens with two attached hydrogens (primary N) is 1. The molecule has 0 spiro atoms. The quantitative estimate of drug-likeness (QED) is 0.438. The van der Waals surface area contributed by atoms with E-state index in [1.165, 1.54) is 49.3 Å². The Kier molecular flexibility index (Phi) is 6.13. The largest absolute Gasteiger partial charge is 0.416 e. The fourth-order valence-corrected chi connectivity index (χ4v) is 2.87. The van der Waals surface area contributed by atoms with Crippen LogP contribution in [0.3, 0.4) is 0 Å². The average Bonchev–Trinajstić information content (AvgIpc) is 3.32. The van der Waals surface area contributed by atoms with Crippen molar-refractivity contribution in [3.8, 4) is 11.8 Å². The first-order chi connectivity index (χ1) is 16.3. The second-order valence-corrected chi connectivity index (χ2v) is 6.87. The number of carbonyl (C=O) groups excluding carboxylic acids is 1. The fourth-order valence-electron chi connectivity index (χ4n) is 2.87. The Balaban J connectivity index is 1.53. The van der Waals surface area contributed by atoms with Gasteiger partial charge in [-0.3, -0.25) is 9.78 Å². The molecule has 0 saturated carbocycles. The van der Waals surface area contributed by atoms with Crippen LogP contribution in [0.2, 0.25) is 0 Å². The summed E-state index contributed by atoms with van der Waals surface area (Å²) in [5, 5.41) is 12.9. The Bertz CT molecular complexity index is 1380. The predicted molar refractivity (Wildman–Crippen MR) is 113 cm³/mol. The van der Waals surface area contributed by atoms with Crippen LogP contribution in [-0.2, 0) is 12.7 Å². The summed E-state index contributed by atoms with van der Waals surface area (Å²) in [7, 11) is 0. The van der Waals surface area contributed by atoms with Gasteiger partial charge in [0.1, 0.15) is 6.33 Å². The van der Waals surface area contributed by atoms with Gasteiger partial charge in [0.05, 0.1) is 23.2 Å². The van der Waals surface area contributed by atoms with Gasteiger partial charge in [-0.1, -0.05) is 17.9 Å². The lowest BCUT2D eigenvalue weighted by Gasteiger charge is -2.15. The fraction of sp³-hybridized carbons (Fsp3) is 0.0952. The van der Waals surface area contributed by atoms with E-state index in [1.807, 2.05) is 0 Å². The van der Waals surface area contributed by atoms with Gasteiger partial charge in [-0.2, -0.15) is 13.2 Å². The van der Waals surface area contributed by atoms with Crippen LogP contribution in [0, 0.1) is 11.8 Å². The lowest BCUT2D eigenvalue weighted by Crippen LogP contribution is -2.16. The number of benzene rings is 1. The molecule has 0 aliphatic rings. The maximum atomic E-state index is 13.6. The number of halogens is 3. The van der Waals surface area contributed by atoms with Crippen LogP contribution in [0.4, 0.5) is 24.8 Å². The summed E-state index contributed by atoms with van der Waals surface area (Å²) in [5.41, 5.74) is 5.46. The van der Waals surface area contributed by atoms with Crippen molar-refractivity contribution in [2.75, 3.05) is 11.1 Å². The Labute approximate surface area is 190 Å². The van der Waals surface area contributed by atoms with Crippen LogP contribution < -0.4 is 11.1 Å². The van der Waals surface area contributed by atoms with Crippen molar-refractivity contribution in [1.29, 1.82) is 0 Å². The lowest BCUT2D eigenvalue weighted by molar-refractivity contribution is -0.138. The predicted octanol–water partition coefficient (Wildman–Crippen LogP) is 2.16. The molecule has 13 heteroatoms. The molecular weight excluding hydrogens is 451 g/mol. The average molecular weight is 465 g/mol. The monoisotopic (exact) mass is 465 g/mol. The molecular formula is C21H14F3N9O. The highest BCUT2D eigenvalue weighted by molar-refractivity contribution is 6.04. The Morgan fingerprint density at radius 2 is 1.82 bits per heavy atom. The van der Waals surface area contributed by atoms with Crippen molar-refractivity contribution in [2.45, 2.75) is 12.7 Å². The van der Waals surface area contributed by atoms with Gasteiger partial charge in [0.15, 0.2) is 0 Å². The SMILES string of the molecule is Nc1ncc(C#Cc2cncc(C(=O)Nc3ccc(Cn4cnnn4)c(C(F)(F)F)c3)c2)cn1. The van der Waals surface area contributed by atoms with Crippen LogP contribution in [0.1, 0.15) is 32.6 Å². The number of hydrogen-bond donors (Lipinski definition) is 2. The third-order valence-electron chi connectivity index (χ3n) is 4.42. The van der Waals surface area contributed by atoms with Gasteiger partial charge in [-0.05, 0) is 34.2 Å². The summed E-state index contributed by atoms with van der Waals surface area (Å²) in [5.74, 6) is 5.09. The zero-order valence-corrected chi connectivity index (χ0v) is 17.2. The van der Waals surface area contributed by atoms with Crippen molar-refractivity contribution in [3.63, 3.8) is 0 Å². The minimum atomic E-state index is -4.65. The molecule has 0 fully saturated rings. The first-order valence-electron chi connectivity index (χ1n) is 9.55. The summed E-state index contributed by atoms with van der Waals surface area (Å²) in [6.07, 6.45) is 2.17. The molecule has 0 radical (unpaired) electrons. The van der Waals surface area contributed by atoms with E-state index < -0.39 is 17.6 Å². The normalized spacial score (nSPS) is 10.9. The number of carbonyl (C=O) groups is 1. The summed E-state index contributed by atoms with van der Waals surface area (Å²) in [6.45, 7) is -0.181. The Hall–Kier alpha value is -4.86. The second kappa shape index (κ2) is 9.33. The van der Waals surface area contributed by atoms with Gasteiger partial charge in [-0.15, -0.1) is 5.10 Å². The van der Waals surface area contributed by atoms with Crippen molar-refractivity contribution in [3.05, 3.63) is 83.2 Å². The maximum absolute atomic E-state index is 13.6. The van der Waals surface area contributed by atoms with E-state index in [1.54, 1.807) is 0 Å². The van der Waals surface area contributed by atoms with Crippen LogP contribution in [-0.4, -0.2) is 41.1 Å². The number of anilines is 2. The first kappa shape index (κ1) is 22.3. The highest BCUT2D eigenvalue weighted by atomic mass is 19.4. The van der Waals surface area contributed by atoms with Gasteiger partial charge in [0.25, 0.3) is 5.91 Å². The molecule has 3 N–H and O–H groups in total. The number of nitrogens with zero attached hydrogens (tertiary/aromatic N) is 7. The number of nitrogens with one attached hydrogen (secondary N) is 1. The van der Waals surface area contributed by atoms with E-state index in [2.05, 4.69) is 47.6 Å². The van der Waals surface area contributed by atoms with Crippen molar-refractivity contribution < 1.29 is 18.0 Å². The molecule has 170 valence electrons. The third kappa shape index (κ3) is 5.49. The summed E-state index contributed by atoms with van der Waals surface area (Å²) >= 11 is 0. The number of tetrazole rings is 1. The second-order valence-electron chi connectivity index (χ2n) is 6.87. The number of hydrogen-bond acceptors (Lipinski definition) is 8. The standard InChI is InChI=1S/C21H14F3N9O/c22-21(23,24)18-6-17(4-3-15(18)11-33-12-29-31-32-33)30-19(34)16-5-13(7-26-10-16)1-2-14-8-27-20(25)28-9-14/h3-10,12H,11H2,(H,30,34)(H2,25,27,28). The third-order valence-corrected chi connectivity index (χ3v) is 4.42. The van der Waals surface area contributed by atoms with E-state index in [-0.39, 0.29) is 29.3 Å². The molecule has 0 bridgehead atoms. The van der Waals surface area contributed by atoms with E-state index >= 15 is 0 Å². The molecule has 10 nitrogen and oxygen atoms in total. The summed E-state index contributed by atoms with van der Waals surface area (Å²) < 4.78 is 42.0. The Morgan fingerprint density at radius 3 is 2.53 bits per heavy atom. The molecule has 34 heavy (non-hydrogen) atoms. The minimum absolute atomic E-state index is 0.0340. The molecule has 3 heterocycles. The molecule has 3 aromatic heterocycles. The molecule has 0 aliphatic carbocycles. The highest BCUT2D eigenvalue weighted by Gasteiger charge is 2.34. The topological polar surface area (TPSA) is 137 Å². The smallest absolute Gasteiger partial charge is 0.368 e. The van der Waals surface area contributed by atoms with Crippen molar-refractivity contribution in [1.82, 2.24) is 35.2 Å². The van der Waals surface area contributed by atoms with Gasteiger partial charge < -0.3 is 11.1 Å².